The number of hydrogen-bond acceptors (Lipinski definition) is 4. The predicted molar refractivity (Wildman–Crippen MR) is 58.4 cm³/mol. The number of rotatable bonds is 1. The van der Waals surface area contributed by atoms with E-state index in [0.717, 1.165) is 11.4 Å². The average molecular weight is 229 g/mol. The van der Waals surface area contributed by atoms with Crippen LogP contribution in [0.1, 0.15) is 23.9 Å². The molecule has 1 aliphatic heterocycles. The number of nitrogens with two attached hydrogens (primary N) is 1. The Morgan fingerprint density at radius 2 is 2.13 bits per heavy atom. The first kappa shape index (κ1) is 10.5. The van der Waals surface area contributed by atoms with E-state index in [-0.39, 0.29) is 17.5 Å². The van der Waals surface area contributed by atoms with Crippen LogP contribution in [-0.2, 0) is 9.84 Å². The van der Waals surface area contributed by atoms with Gasteiger partial charge >= 0.3 is 0 Å². The molecule has 1 aromatic rings. The normalized spacial score (nSPS) is 24.5. The van der Waals surface area contributed by atoms with Crippen molar-refractivity contribution in [2.45, 2.75) is 26.3 Å². The second-order valence-corrected chi connectivity index (χ2v) is 6.31. The SMILES string of the molecule is Cc1nn([C@@H]2CCS(=O)(=O)C2)c(C)c1N. The van der Waals surface area contributed by atoms with Crippen molar-refractivity contribution in [2.75, 3.05) is 17.2 Å². The second kappa shape index (κ2) is 3.23. The van der Waals surface area contributed by atoms with Gasteiger partial charge in [-0.15, -0.1) is 0 Å². The highest BCUT2D eigenvalue weighted by Gasteiger charge is 2.31. The molecule has 2 heterocycles. The Hall–Kier alpha value is -1.04. The highest BCUT2D eigenvalue weighted by atomic mass is 32.2. The molecule has 15 heavy (non-hydrogen) atoms. The van der Waals surface area contributed by atoms with Crippen LogP contribution in [0.2, 0.25) is 0 Å². The summed E-state index contributed by atoms with van der Waals surface area (Å²) < 4.78 is 24.4. The molecule has 6 heteroatoms. The van der Waals surface area contributed by atoms with Gasteiger partial charge in [0.2, 0.25) is 0 Å². The molecule has 0 spiro atoms. The summed E-state index contributed by atoms with van der Waals surface area (Å²) in [5, 5.41) is 4.28. The largest absolute Gasteiger partial charge is 0.396 e. The first-order valence-electron chi connectivity index (χ1n) is 4.92. The fourth-order valence-electron chi connectivity index (χ4n) is 2.00. The Labute approximate surface area is 89.2 Å². The van der Waals surface area contributed by atoms with Gasteiger partial charge < -0.3 is 5.73 Å². The third-order valence-corrected chi connectivity index (χ3v) is 4.69. The number of aryl methyl sites for hydroxylation is 1. The van der Waals surface area contributed by atoms with Gasteiger partial charge in [-0.05, 0) is 20.3 Å². The van der Waals surface area contributed by atoms with E-state index in [4.69, 9.17) is 5.73 Å². The van der Waals surface area contributed by atoms with E-state index < -0.39 is 9.84 Å². The molecule has 1 aromatic heterocycles. The van der Waals surface area contributed by atoms with Crippen LogP contribution in [0.4, 0.5) is 5.69 Å². The van der Waals surface area contributed by atoms with Gasteiger partial charge in [-0.2, -0.15) is 5.10 Å². The van der Waals surface area contributed by atoms with Crippen LogP contribution in [0.5, 0.6) is 0 Å². The van der Waals surface area contributed by atoms with Crippen molar-refractivity contribution in [1.82, 2.24) is 9.78 Å². The third-order valence-electron chi connectivity index (χ3n) is 2.94. The molecule has 0 radical (unpaired) electrons. The van der Waals surface area contributed by atoms with E-state index in [1.54, 1.807) is 4.68 Å². The van der Waals surface area contributed by atoms with Crippen molar-refractivity contribution in [2.24, 2.45) is 0 Å². The van der Waals surface area contributed by atoms with Crippen LogP contribution in [-0.4, -0.2) is 29.7 Å². The summed E-state index contributed by atoms with van der Waals surface area (Å²) in [6, 6.07) is -0.0361. The molecule has 0 aromatic carbocycles. The first-order chi connectivity index (χ1) is 6.91. The fraction of sp³-hybridized carbons (Fsp3) is 0.667. The van der Waals surface area contributed by atoms with E-state index >= 15 is 0 Å². The molecule has 1 aliphatic rings. The Bertz CT molecular complexity index is 490. The number of nitrogen functional groups attached to an aromatic ring is 1. The van der Waals surface area contributed by atoms with Gasteiger partial charge in [0.25, 0.3) is 0 Å². The smallest absolute Gasteiger partial charge is 0.152 e. The minimum absolute atomic E-state index is 0.0361. The molecule has 1 saturated heterocycles. The zero-order valence-electron chi connectivity index (χ0n) is 8.90. The molecule has 1 fully saturated rings. The third kappa shape index (κ3) is 1.73. The summed E-state index contributed by atoms with van der Waals surface area (Å²) in [6.45, 7) is 3.71. The summed E-state index contributed by atoms with van der Waals surface area (Å²) in [4.78, 5) is 0. The monoisotopic (exact) mass is 229 g/mol. The van der Waals surface area contributed by atoms with E-state index in [1.165, 1.54) is 0 Å². The lowest BCUT2D eigenvalue weighted by atomic mass is 10.2. The molecule has 0 saturated carbocycles. The van der Waals surface area contributed by atoms with Gasteiger partial charge in [-0.3, -0.25) is 4.68 Å². The van der Waals surface area contributed by atoms with Gasteiger partial charge in [0.1, 0.15) is 0 Å². The lowest BCUT2D eigenvalue weighted by molar-refractivity contribution is 0.486. The van der Waals surface area contributed by atoms with Crippen LogP contribution in [0.3, 0.4) is 0 Å². The minimum Gasteiger partial charge on any atom is -0.396 e. The van der Waals surface area contributed by atoms with Crippen molar-refractivity contribution in [3.05, 3.63) is 11.4 Å². The van der Waals surface area contributed by atoms with E-state index in [9.17, 15) is 8.42 Å². The number of anilines is 1. The van der Waals surface area contributed by atoms with E-state index in [1.807, 2.05) is 13.8 Å². The Balaban J connectivity index is 2.36. The number of nitrogens with zero attached hydrogens (tertiary/aromatic N) is 2. The Morgan fingerprint density at radius 1 is 1.47 bits per heavy atom. The molecule has 2 rings (SSSR count). The van der Waals surface area contributed by atoms with Crippen LogP contribution in [0.25, 0.3) is 0 Å². The van der Waals surface area contributed by atoms with Crippen LogP contribution in [0.15, 0.2) is 0 Å². The lowest BCUT2D eigenvalue weighted by Gasteiger charge is -2.10. The maximum absolute atomic E-state index is 11.3. The van der Waals surface area contributed by atoms with Gasteiger partial charge in [0.15, 0.2) is 9.84 Å². The molecular formula is C9H15N3O2S. The quantitative estimate of drug-likeness (QED) is 0.758. The van der Waals surface area contributed by atoms with E-state index in [0.29, 0.717) is 12.1 Å². The number of aromatic nitrogens is 2. The molecule has 0 unspecified atom stereocenters. The van der Waals surface area contributed by atoms with Crippen LogP contribution < -0.4 is 5.73 Å². The molecular weight excluding hydrogens is 214 g/mol. The zero-order chi connectivity index (χ0) is 11.2. The van der Waals surface area contributed by atoms with Gasteiger partial charge in [0, 0.05) is 0 Å². The van der Waals surface area contributed by atoms with Crippen molar-refractivity contribution >= 4 is 15.5 Å². The summed E-state index contributed by atoms with van der Waals surface area (Å²) >= 11 is 0. The lowest BCUT2D eigenvalue weighted by Crippen LogP contribution is -2.14. The summed E-state index contributed by atoms with van der Waals surface area (Å²) in [6.07, 6.45) is 0.643. The highest BCUT2D eigenvalue weighted by Crippen LogP contribution is 2.27. The summed E-state index contributed by atoms with van der Waals surface area (Å²) in [5.41, 5.74) is 8.12. The summed E-state index contributed by atoms with van der Waals surface area (Å²) in [5.74, 6) is 0.449. The molecule has 84 valence electrons. The Morgan fingerprint density at radius 3 is 2.53 bits per heavy atom. The Kier molecular flexibility index (Phi) is 2.26. The van der Waals surface area contributed by atoms with Crippen molar-refractivity contribution in [1.29, 1.82) is 0 Å². The van der Waals surface area contributed by atoms with Gasteiger partial charge in [0.05, 0.1) is 34.6 Å². The second-order valence-electron chi connectivity index (χ2n) is 4.09. The maximum Gasteiger partial charge on any atom is 0.152 e. The van der Waals surface area contributed by atoms with Gasteiger partial charge in [-0.25, -0.2) is 8.42 Å². The van der Waals surface area contributed by atoms with Crippen LogP contribution >= 0.6 is 0 Å². The maximum atomic E-state index is 11.3. The average Bonchev–Trinajstić information content (AvgIpc) is 2.62. The highest BCUT2D eigenvalue weighted by molar-refractivity contribution is 7.91. The first-order valence-corrected chi connectivity index (χ1v) is 6.74. The van der Waals surface area contributed by atoms with Crippen LogP contribution in [0, 0.1) is 13.8 Å². The van der Waals surface area contributed by atoms with E-state index in [2.05, 4.69) is 5.10 Å². The number of hydrogen-bond donors (Lipinski definition) is 1. The molecule has 0 bridgehead atoms. The standard InChI is InChI=1S/C9H15N3O2S/c1-6-9(10)7(2)12(11-6)8-3-4-15(13,14)5-8/h8H,3-5,10H2,1-2H3/t8-/m1/s1. The predicted octanol–water partition coefficient (Wildman–Crippen LogP) is 0.442. The van der Waals surface area contributed by atoms with Crippen molar-refractivity contribution < 1.29 is 8.42 Å². The zero-order valence-corrected chi connectivity index (χ0v) is 9.71. The minimum atomic E-state index is -2.87. The molecule has 1 atom stereocenters. The van der Waals surface area contributed by atoms with Crippen molar-refractivity contribution in [3.8, 4) is 0 Å². The summed E-state index contributed by atoms with van der Waals surface area (Å²) in [7, 11) is -2.87. The molecule has 2 N–H and O–H groups in total. The van der Waals surface area contributed by atoms with Crippen molar-refractivity contribution in [3.63, 3.8) is 0 Å². The topological polar surface area (TPSA) is 78.0 Å². The fourth-order valence-corrected chi connectivity index (χ4v) is 3.69. The van der Waals surface area contributed by atoms with Gasteiger partial charge in [-0.1, -0.05) is 0 Å². The molecule has 0 aliphatic carbocycles. The molecule has 0 amide bonds. The number of sulfone groups is 1. The molecule has 5 nitrogen and oxygen atoms in total.